The standard InChI is InChI=1S/C34H38P.BrH/c1-25-23-30-31(34(4,5)22-21-33(30,2)3)24-29(25)28-19-13-14-20-32(28)35(6,26-15-9-7-10-16-26)27-17-11-8-12-18-27;/h7-20,23-24H,21-22H2,1-6H3;1H/q+1;/p-1. The summed E-state index contributed by atoms with van der Waals surface area (Å²) in [5.74, 6) is 0. The molecule has 0 aliphatic heterocycles. The van der Waals surface area contributed by atoms with E-state index in [0.29, 0.717) is 0 Å². The average molecular weight is 558 g/mol. The summed E-state index contributed by atoms with van der Waals surface area (Å²) in [7, 11) is -1.84. The van der Waals surface area contributed by atoms with Crippen LogP contribution in [0.15, 0.2) is 97.1 Å². The van der Waals surface area contributed by atoms with Gasteiger partial charge in [0.1, 0.15) is 23.2 Å². The summed E-state index contributed by atoms with van der Waals surface area (Å²) < 4.78 is 0. The molecular formula is C34H38BrP. The number of hydrogen-bond acceptors (Lipinski definition) is 0. The van der Waals surface area contributed by atoms with Gasteiger partial charge in [0, 0.05) is 5.56 Å². The summed E-state index contributed by atoms with van der Waals surface area (Å²) in [4.78, 5) is 0. The van der Waals surface area contributed by atoms with Crippen molar-refractivity contribution in [1.82, 2.24) is 0 Å². The van der Waals surface area contributed by atoms with Gasteiger partial charge >= 0.3 is 0 Å². The van der Waals surface area contributed by atoms with Crippen LogP contribution in [-0.2, 0) is 10.8 Å². The van der Waals surface area contributed by atoms with Gasteiger partial charge in [-0.3, -0.25) is 0 Å². The van der Waals surface area contributed by atoms with Crippen LogP contribution in [0.3, 0.4) is 0 Å². The molecule has 0 aromatic heterocycles. The number of benzene rings is 4. The van der Waals surface area contributed by atoms with E-state index in [4.69, 9.17) is 0 Å². The third-order valence-electron chi connectivity index (χ3n) is 8.42. The molecule has 4 aromatic rings. The molecule has 1 aliphatic rings. The van der Waals surface area contributed by atoms with Gasteiger partial charge in [-0.05, 0) is 89.2 Å². The summed E-state index contributed by atoms with van der Waals surface area (Å²) in [5, 5.41) is 4.32. The lowest BCUT2D eigenvalue weighted by Crippen LogP contribution is -3.00. The molecule has 0 saturated heterocycles. The van der Waals surface area contributed by atoms with Crippen LogP contribution in [0.25, 0.3) is 11.1 Å². The van der Waals surface area contributed by atoms with Gasteiger partial charge in [-0.2, -0.15) is 0 Å². The molecular weight excluding hydrogens is 519 g/mol. The second kappa shape index (κ2) is 9.92. The number of aryl methyl sites for hydroxylation is 1. The fourth-order valence-electron chi connectivity index (χ4n) is 5.98. The Morgan fingerprint density at radius 2 is 1.03 bits per heavy atom. The van der Waals surface area contributed by atoms with Gasteiger partial charge < -0.3 is 17.0 Å². The first-order chi connectivity index (χ1) is 16.6. The van der Waals surface area contributed by atoms with E-state index in [0.717, 1.165) is 0 Å². The first-order valence-corrected chi connectivity index (χ1v) is 15.1. The van der Waals surface area contributed by atoms with Gasteiger partial charge in [0.05, 0.1) is 6.66 Å². The maximum Gasteiger partial charge on any atom is 0.112 e. The third kappa shape index (κ3) is 4.51. The zero-order valence-electron chi connectivity index (χ0n) is 22.5. The van der Waals surface area contributed by atoms with E-state index in [1.807, 2.05) is 0 Å². The average Bonchev–Trinajstić information content (AvgIpc) is 2.87. The Balaban J connectivity index is 0.00000304. The predicted octanol–water partition coefficient (Wildman–Crippen LogP) is 4.94. The molecule has 0 N–H and O–H groups in total. The van der Waals surface area contributed by atoms with Crippen molar-refractivity contribution in [1.29, 1.82) is 0 Å². The first kappa shape index (κ1) is 26.8. The molecule has 0 saturated carbocycles. The Hall–Kier alpha value is -2.21. The zero-order chi connectivity index (χ0) is 24.8. The highest BCUT2D eigenvalue weighted by Crippen LogP contribution is 2.54. The van der Waals surface area contributed by atoms with Crippen molar-refractivity contribution >= 4 is 23.2 Å². The molecule has 5 rings (SSSR count). The van der Waals surface area contributed by atoms with Crippen molar-refractivity contribution in [2.75, 3.05) is 6.66 Å². The van der Waals surface area contributed by atoms with Crippen LogP contribution in [0, 0.1) is 6.92 Å². The minimum absolute atomic E-state index is 0. The van der Waals surface area contributed by atoms with Crippen molar-refractivity contribution in [3.63, 3.8) is 0 Å². The SMILES string of the molecule is Cc1cc2c(cc1-c1ccccc1[P+](C)(c1ccccc1)c1ccccc1)C(C)(C)CCC2(C)C.[Br-]. The van der Waals surface area contributed by atoms with E-state index in [2.05, 4.69) is 138 Å². The highest BCUT2D eigenvalue weighted by Gasteiger charge is 2.43. The van der Waals surface area contributed by atoms with E-state index in [1.54, 1.807) is 0 Å². The van der Waals surface area contributed by atoms with Gasteiger partial charge in [0.25, 0.3) is 0 Å². The molecule has 0 heterocycles. The highest BCUT2D eigenvalue weighted by atomic mass is 79.9. The Morgan fingerprint density at radius 3 is 1.56 bits per heavy atom. The van der Waals surface area contributed by atoms with E-state index in [1.165, 1.54) is 56.6 Å². The fraction of sp³-hybridized carbons (Fsp3) is 0.294. The van der Waals surface area contributed by atoms with Crippen molar-refractivity contribution in [2.24, 2.45) is 0 Å². The Bertz CT molecular complexity index is 1310. The highest BCUT2D eigenvalue weighted by molar-refractivity contribution is 7.95. The van der Waals surface area contributed by atoms with Crippen molar-refractivity contribution < 1.29 is 17.0 Å². The normalized spacial score (nSPS) is 16.1. The van der Waals surface area contributed by atoms with Gasteiger partial charge in [-0.1, -0.05) is 88.4 Å². The van der Waals surface area contributed by atoms with Crippen LogP contribution in [0.2, 0.25) is 0 Å². The van der Waals surface area contributed by atoms with Crippen LogP contribution >= 0.6 is 7.26 Å². The number of fused-ring (bicyclic) bond motifs is 1. The molecule has 0 radical (unpaired) electrons. The van der Waals surface area contributed by atoms with Gasteiger partial charge in [-0.15, -0.1) is 0 Å². The minimum Gasteiger partial charge on any atom is -1.00 e. The Kier molecular flexibility index (Phi) is 7.40. The van der Waals surface area contributed by atoms with Crippen LogP contribution in [-0.4, -0.2) is 6.66 Å². The second-order valence-corrected chi connectivity index (χ2v) is 15.2. The Morgan fingerprint density at radius 1 is 0.583 bits per heavy atom. The maximum atomic E-state index is 2.55. The Labute approximate surface area is 229 Å². The molecule has 0 fully saturated rings. The van der Waals surface area contributed by atoms with Crippen LogP contribution in [0.4, 0.5) is 0 Å². The lowest BCUT2D eigenvalue weighted by molar-refractivity contribution is -0.00000754. The second-order valence-electron chi connectivity index (χ2n) is 11.7. The largest absolute Gasteiger partial charge is 1.00 e. The summed E-state index contributed by atoms with van der Waals surface area (Å²) >= 11 is 0. The van der Waals surface area contributed by atoms with Crippen LogP contribution in [0.1, 0.15) is 57.2 Å². The summed E-state index contributed by atoms with van der Waals surface area (Å²) in [6, 6.07) is 36.5. The predicted molar refractivity (Wildman–Crippen MR) is 157 cm³/mol. The first-order valence-electron chi connectivity index (χ1n) is 12.9. The molecule has 0 amide bonds. The topological polar surface area (TPSA) is 0 Å². The fourth-order valence-corrected chi connectivity index (χ4v) is 9.44. The molecule has 36 heavy (non-hydrogen) atoms. The van der Waals surface area contributed by atoms with Gasteiger partial charge in [-0.25, -0.2) is 0 Å². The van der Waals surface area contributed by atoms with Gasteiger partial charge in [0.15, 0.2) is 0 Å². The van der Waals surface area contributed by atoms with Crippen LogP contribution < -0.4 is 32.9 Å². The molecule has 1 aliphatic carbocycles. The molecule has 186 valence electrons. The van der Waals surface area contributed by atoms with E-state index >= 15 is 0 Å². The molecule has 0 spiro atoms. The maximum absolute atomic E-state index is 2.55. The van der Waals surface area contributed by atoms with Crippen molar-refractivity contribution in [3.05, 3.63) is 114 Å². The lowest BCUT2D eigenvalue weighted by Gasteiger charge is -2.42. The van der Waals surface area contributed by atoms with E-state index in [9.17, 15) is 0 Å². The minimum atomic E-state index is -1.84. The number of hydrogen-bond donors (Lipinski definition) is 0. The summed E-state index contributed by atoms with van der Waals surface area (Å²) in [6.45, 7) is 14.5. The van der Waals surface area contributed by atoms with Gasteiger partial charge in [0.2, 0.25) is 0 Å². The van der Waals surface area contributed by atoms with Crippen molar-refractivity contribution in [3.8, 4) is 11.1 Å². The number of rotatable bonds is 4. The third-order valence-corrected chi connectivity index (χ3v) is 12.4. The molecule has 0 nitrogen and oxygen atoms in total. The molecule has 4 aromatic carbocycles. The molecule has 0 unspecified atom stereocenters. The van der Waals surface area contributed by atoms with E-state index < -0.39 is 7.26 Å². The van der Waals surface area contributed by atoms with Crippen molar-refractivity contribution in [2.45, 2.75) is 58.3 Å². The lowest BCUT2D eigenvalue weighted by atomic mass is 9.62. The number of halogens is 1. The summed E-state index contributed by atoms with van der Waals surface area (Å²) in [5.41, 5.74) is 7.65. The molecule has 0 bridgehead atoms. The van der Waals surface area contributed by atoms with E-state index in [-0.39, 0.29) is 27.8 Å². The van der Waals surface area contributed by atoms with Crippen LogP contribution in [0.5, 0.6) is 0 Å². The smallest absolute Gasteiger partial charge is 0.112 e. The zero-order valence-corrected chi connectivity index (χ0v) is 25.0. The molecule has 0 atom stereocenters. The molecule has 2 heteroatoms. The monoisotopic (exact) mass is 556 g/mol. The summed E-state index contributed by atoms with van der Waals surface area (Å²) in [6.07, 6.45) is 2.48. The quantitative estimate of drug-likeness (QED) is 0.312.